The summed E-state index contributed by atoms with van der Waals surface area (Å²) in [5.41, 5.74) is 4.37. The molecule has 0 aliphatic rings. The van der Waals surface area contributed by atoms with Crippen molar-refractivity contribution in [1.82, 2.24) is 4.98 Å². The molecule has 23 heavy (non-hydrogen) atoms. The van der Waals surface area contributed by atoms with Gasteiger partial charge in [-0.1, -0.05) is 24.3 Å². The monoisotopic (exact) mass is 307 g/mol. The predicted molar refractivity (Wildman–Crippen MR) is 91.8 cm³/mol. The van der Waals surface area contributed by atoms with Crippen LogP contribution in [-0.2, 0) is 6.42 Å². The summed E-state index contributed by atoms with van der Waals surface area (Å²) in [5.74, 6) is 2.43. The molecule has 0 atom stereocenters. The van der Waals surface area contributed by atoms with Crippen LogP contribution in [0, 0.1) is 20.8 Å². The topological polar surface area (TPSA) is 35.3 Å². The molecule has 0 spiro atoms. The third kappa shape index (κ3) is 3.81. The van der Waals surface area contributed by atoms with Crippen molar-refractivity contribution in [3.05, 3.63) is 71.1 Å². The number of oxazole rings is 1. The summed E-state index contributed by atoms with van der Waals surface area (Å²) >= 11 is 0. The number of hydrogen-bond donors (Lipinski definition) is 0. The van der Waals surface area contributed by atoms with Gasteiger partial charge in [0.2, 0.25) is 5.89 Å². The lowest BCUT2D eigenvalue weighted by atomic mass is 10.1. The molecule has 0 aliphatic carbocycles. The number of ether oxygens (including phenoxy) is 1. The molecule has 1 aromatic heterocycles. The fourth-order valence-corrected chi connectivity index (χ4v) is 2.65. The molecule has 3 heteroatoms. The maximum atomic E-state index is 5.86. The van der Waals surface area contributed by atoms with Gasteiger partial charge in [0.05, 0.1) is 12.3 Å². The lowest BCUT2D eigenvalue weighted by Crippen LogP contribution is -2.03. The van der Waals surface area contributed by atoms with Crippen molar-refractivity contribution in [3.8, 4) is 17.2 Å². The Kier molecular flexibility index (Phi) is 4.47. The van der Waals surface area contributed by atoms with Gasteiger partial charge in [0.15, 0.2) is 0 Å². The fraction of sp³-hybridized carbons (Fsp3) is 0.250. The first kappa shape index (κ1) is 15.3. The van der Waals surface area contributed by atoms with Crippen molar-refractivity contribution in [3.63, 3.8) is 0 Å². The Morgan fingerprint density at radius 3 is 2.35 bits per heavy atom. The lowest BCUT2D eigenvalue weighted by molar-refractivity contribution is 0.319. The second-order valence-corrected chi connectivity index (χ2v) is 5.81. The summed E-state index contributed by atoms with van der Waals surface area (Å²) in [7, 11) is 0. The molecule has 3 rings (SSSR count). The van der Waals surface area contributed by atoms with Crippen LogP contribution in [0.5, 0.6) is 5.75 Å². The van der Waals surface area contributed by atoms with Crippen LogP contribution < -0.4 is 4.74 Å². The quantitative estimate of drug-likeness (QED) is 0.673. The van der Waals surface area contributed by atoms with Gasteiger partial charge >= 0.3 is 0 Å². The normalized spacial score (nSPS) is 10.7. The zero-order valence-electron chi connectivity index (χ0n) is 13.8. The molecule has 0 saturated carbocycles. The number of nitrogens with zero attached hydrogens (tertiary/aromatic N) is 1. The average molecular weight is 307 g/mol. The molecule has 0 bridgehead atoms. The molecule has 0 N–H and O–H groups in total. The second-order valence-electron chi connectivity index (χ2n) is 5.81. The summed E-state index contributed by atoms with van der Waals surface area (Å²) in [5, 5.41) is 0. The van der Waals surface area contributed by atoms with E-state index in [4.69, 9.17) is 9.15 Å². The largest absolute Gasteiger partial charge is 0.493 e. The minimum absolute atomic E-state index is 0.588. The SMILES string of the molecule is Cc1cc(C)cc(OCCc2nc(-c3ccccc3)oc2C)c1. The van der Waals surface area contributed by atoms with Gasteiger partial charge in [-0.25, -0.2) is 4.98 Å². The highest BCUT2D eigenvalue weighted by Crippen LogP contribution is 2.22. The van der Waals surface area contributed by atoms with Crippen LogP contribution in [0.2, 0.25) is 0 Å². The molecule has 0 amide bonds. The summed E-state index contributed by atoms with van der Waals surface area (Å²) in [6, 6.07) is 16.2. The molecule has 2 aromatic carbocycles. The van der Waals surface area contributed by atoms with Gasteiger partial charge in [0, 0.05) is 12.0 Å². The lowest BCUT2D eigenvalue weighted by Gasteiger charge is -2.07. The first-order valence-corrected chi connectivity index (χ1v) is 7.84. The molecule has 0 saturated heterocycles. The van der Waals surface area contributed by atoms with Gasteiger partial charge in [-0.3, -0.25) is 0 Å². The predicted octanol–water partition coefficient (Wildman–Crippen LogP) is 4.89. The highest BCUT2D eigenvalue weighted by Gasteiger charge is 2.11. The Bertz CT molecular complexity index is 770. The number of rotatable bonds is 5. The molecule has 3 nitrogen and oxygen atoms in total. The first-order valence-electron chi connectivity index (χ1n) is 7.84. The fourth-order valence-electron chi connectivity index (χ4n) is 2.65. The maximum Gasteiger partial charge on any atom is 0.226 e. The van der Waals surface area contributed by atoms with Crippen LogP contribution in [0.3, 0.4) is 0 Å². The summed E-state index contributed by atoms with van der Waals surface area (Å²) < 4.78 is 11.6. The van der Waals surface area contributed by atoms with Crippen LogP contribution in [-0.4, -0.2) is 11.6 Å². The smallest absolute Gasteiger partial charge is 0.226 e. The van der Waals surface area contributed by atoms with Gasteiger partial charge in [-0.05, 0) is 56.2 Å². The molecular weight excluding hydrogens is 286 g/mol. The molecule has 0 unspecified atom stereocenters. The van der Waals surface area contributed by atoms with E-state index in [9.17, 15) is 0 Å². The van der Waals surface area contributed by atoms with E-state index in [1.165, 1.54) is 11.1 Å². The number of aromatic nitrogens is 1. The van der Waals surface area contributed by atoms with E-state index in [0.717, 1.165) is 29.2 Å². The number of benzene rings is 2. The van der Waals surface area contributed by atoms with Crippen LogP contribution in [0.25, 0.3) is 11.5 Å². The van der Waals surface area contributed by atoms with Gasteiger partial charge in [-0.2, -0.15) is 0 Å². The van der Waals surface area contributed by atoms with Gasteiger partial charge in [0.1, 0.15) is 11.5 Å². The zero-order chi connectivity index (χ0) is 16.2. The Balaban J connectivity index is 1.66. The Morgan fingerprint density at radius 2 is 1.65 bits per heavy atom. The number of aryl methyl sites for hydroxylation is 3. The van der Waals surface area contributed by atoms with E-state index in [0.29, 0.717) is 12.5 Å². The third-order valence-electron chi connectivity index (χ3n) is 3.72. The van der Waals surface area contributed by atoms with Crippen molar-refractivity contribution in [1.29, 1.82) is 0 Å². The van der Waals surface area contributed by atoms with Crippen molar-refractivity contribution < 1.29 is 9.15 Å². The van der Waals surface area contributed by atoms with E-state index in [1.807, 2.05) is 37.3 Å². The highest BCUT2D eigenvalue weighted by atomic mass is 16.5. The van der Waals surface area contributed by atoms with E-state index in [-0.39, 0.29) is 0 Å². The minimum atomic E-state index is 0.588. The highest BCUT2D eigenvalue weighted by molar-refractivity contribution is 5.53. The van der Waals surface area contributed by atoms with Crippen molar-refractivity contribution >= 4 is 0 Å². The van der Waals surface area contributed by atoms with Gasteiger partial charge < -0.3 is 9.15 Å². The van der Waals surface area contributed by atoms with Crippen LogP contribution in [0.4, 0.5) is 0 Å². The average Bonchev–Trinajstić information content (AvgIpc) is 2.89. The third-order valence-corrected chi connectivity index (χ3v) is 3.72. The standard InChI is InChI=1S/C20H21NO2/c1-14-11-15(2)13-18(12-14)22-10-9-19-16(3)23-20(21-19)17-7-5-4-6-8-17/h4-8,11-13H,9-10H2,1-3H3. The van der Waals surface area contributed by atoms with Crippen LogP contribution >= 0.6 is 0 Å². The summed E-state index contributed by atoms with van der Waals surface area (Å²) in [6.45, 7) is 6.69. The second kappa shape index (κ2) is 6.69. The molecule has 0 fully saturated rings. The van der Waals surface area contributed by atoms with Gasteiger partial charge in [-0.15, -0.1) is 0 Å². The molecular formula is C20H21NO2. The number of hydrogen-bond acceptors (Lipinski definition) is 3. The Labute approximate surface area is 136 Å². The zero-order valence-corrected chi connectivity index (χ0v) is 13.8. The minimum Gasteiger partial charge on any atom is -0.493 e. The van der Waals surface area contributed by atoms with Crippen molar-refractivity contribution in [2.45, 2.75) is 27.2 Å². The van der Waals surface area contributed by atoms with Crippen LogP contribution in [0.15, 0.2) is 52.9 Å². The molecule has 0 aliphatic heterocycles. The molecule has 118 valence electrons. The van der Waals surface area contributed by atoms with E-state index in [2.05, 4.69) is 37.0 Å². The first-order chi connectivity index (χ1) is 11.1. The molecule has 0 radical (unpaired) electrons. The van der Waals surface area contributed by atoms with E-state index in [1.54, 1.807) is 0 Å². The summed E-state index contributed by atoms with van der Waals surface area (Å²) in [6.07, 6.45) is 0.731. The van der Waals surface area contributed by atoms with Crippen molar-refractivity contribution in [2.75, 3.05) is 6.61 Å². The van der Waals surface area contributed by atoms with E-state index < -0.39 is 0 Å². The van der Waals surface area contributed by atoms with Gasteiger partial charge in [0.25, 0.3) is 0 Å². The summed E-state index contributed by atoms with van der Waals surface area (Å²) in [4.78, 5) is 4.60. The Hall–Kier alpha value is -2.55. The van der Waals surface area contributed by atoms with Crippen LogP contribution in [0.1, 0.15) is 22.6 Å². The maximum absolute atomic E-state index is 5.86. The molecule has 1 heterocycles. The van der Waals surface area contributed by atoms with E-state index >= 15 is 0 Å². The molecule has 3 aromatic rings. The van der Waals surface area contributed by atoms with Crippen molar-refractivity contribution in [2.24, 2.45) is 0 Å². The Morgan fingerprint density at radius 1 is 0.957 bits per heavy atom.